The molecular weight excluding hydrogens is 284 g/mol. The Bertz CT molecular complexity index is 702. The van der Waals surface area contributed by atoms with Crippen LogP contribution in [0, 0.1) is 10.1 Å². The smallest absolute Gasteiger partial charge is 0.345 e. The third-order valence-corrected chi connectivity index (χ3v) is 4.41. The number of nitro groups is 1. The van der Waals surface area contributed by atoms with E-state index >= 15 is 0 Å². The van der Waals surface area contributed by atoms with E-state index in [-0.39, 0.29) is 5.82 Å². The van der Waals surface area contributed by atoms with E-state index in [2.05, 4.69) is 10.1 Å². The van der Waals surface area contributed by atoms with Crippen molar-refractivity contribution in [3.8, 4) is 9.88 Å². The average Bonchev–Trinajstić information content (AvgIpc) is 3.09. The number of thiazole rings is 1. The van der Waals surface area contributed by atoms with E-state index in [1.54, 1.807) is 11.3 Å². The average molecular weight is 292 g/mol. The van der Waals surface area contributed by atoms with Crippen LogP contribution >= 0.6 is 22.7 Å². The van der Waals surface area contributed by atoms with Crippen LogP contribution in [-0.4, -0.2) is 19.7 Å². The van der Waals surface area contributed by atoms with Crippen LogP contribution in [-0.2, 0) is 6.54 Å². The van der Waals surface area contributed by atoms with Crippen LogP contribution < -0.4 is 0 Å². The Kier molecular flexibility index (Phi) is 3.10. The Hall–Kier alpha value is -2.06. The summed E-state index contributed by atoms with van der Waals surface area (Å²) in [6.07, 6.45) is 1.42. The molecule has 0 saturated heterocycles. The normalized spacial score (nSPS) is 10.7. The van der Waals surface area contributed by atoms with Crippen molar-refractivity contribution in [1.82, 2.24) is 14.8 Å². The molecule has 8 heteroatoms. The van der Waals surface area contributed by atoms with Gasteiger partial charge in [0.15, 0.2) is 6.54 Å². The largest absolute Gasteiger partial charge is 0.358 e. The molecule has 3 heterocycles. The van der Waals surface area contributed by atoms with Crippen molar-refractivity contribution in [2.24, 2.45) is 0 Å². The minimum atomic E-state index is -0.445. The number of hydrogen-bond donors (Lipinski definition) is 0. The SMILES string of the molecule is O=[N+]([O-])c1ccnn1Cc1csc(-c2cccs2)n1. The van der Waals surface area contributed by atoms with E-state index in [1.807, 2.05) is 22.9 Å². The van der Waals surface area contributed by atoms with Gasteiger partial charge in [-0.05, 0) is 16.4 Å². The summed E-state index contributed by atoms with van der Waals surface area (Å²) in [6, 6.07) is 5.36. The van der Waals surface area contributed by atoms with Crippen molar-refractivity contribution in [3.05, 3.63) is 51.0 Å². The summed E-state index contributed by atoms with van der Waals surface area (Å²) in [5.74, 6) is -0.0225. The van der Waals surface area contributed by atoms with Gasteiger partial charge in [-0.15, -0.1) is 27.4 Å². The monoisotopic (exact) mass is 292 g/mol. The molecule has 0 amide bonds. The molecule has 0 radical (unpaired) electrons. The quantitative estimate of drug-likeness (QED) is 0.547. The van der Waals surface area contributed by atoms with Crippen LogP contribution in [0.2, 0.25) is 0 Å². The number of hydrogen-bond acceptors (Lipinski definition) is 6. The first-order valence-electron chi connectivity index (χ1n) is 5.38. The lowest BCUT2D eigenvalue weighted by Crippen LogP contribution is -2.06. The summed E-state index contributed by atoms with van der Waals surface area (Å²) < 4.78 is 1.34. The molecule has 0 aromatic carbocycles. The van der Waals surface area contributed by atoms with Gasteiger partial charge in [0.1, 0.15) is 5.01 Å². The molecule has 0 saturated carbocycles. The number of thiophene rings is 1. The third-order valence-electron chi connectivity index (χ3n) is 2.48. The standard InChI is InChI=1S/C11H8N4O2S2/c16-15(17)10-3-4-12-14(10)6-8-7-19-11(13-8)9-2-1-5-18-9/h1-5,7H,6H2. The van der Waals surface area contributed by atoms with Gasteiger partial charge in [-0.1, -0.05) is 11.2 Å². The fourth-order valence-electron chi connectivity index (χ4n) is 1.65. The summed E-state index contributed by atoms with van der Waals surface area (Å²) in [5.41, 5.74) is 0.778. The lowest BCUT2D eigenvalue weighted by atomic mass is 10.4. The topological polar surface area (TPSA) is 73.8 Å². The maximum atomic E-state index is 10.8. The molecule has 96 valence electrons. The Morgan fingerprint density at radius 1 is 1.37 bits per heavy atom. The van der Waals surface area contributed by atoms with Crippen molar-refractivity contribution in [2.45, 2.75) is 6.54 Å². The fraction of sp³-hybridized carbons (Fsp3) is 0.0909. The van der Waals surface area contributed by atoms with Gasteiger partial charge in [0.25, 0.3) is 0 Å². The molecule has 0 spiro atoms. The van der Waals surface area contributed by atoms with Crippen molar-refractivity contribution in [2.75, 3.05) is 0 Å². The first-order valence-corrected chi connectivity index (χ1v) is 7.14. The highest BCUT2D eigenvalue weighted by atomic mass is 32.1. The molecule has 0 aliphatic heterocycles. The van der Waals surface area contributed by atoms with Gasteiger partial charge in [0.2, 0.25) is 0 Å². The van der Waals surface area contributed by atoms with Crippen molar-refractivity contribution >= 4 is 28.5 Å². The molecule has 0 bridgehead atoms. The van der Waals surface area contributed by atoms with Gasteiger partial charge in [-0.25, -0.2) is 4.98 Å². The van der Waals surface area contributed by atoms with E-state index in [0.29, 0.717) is 6.54 Å². The minimum Gasteiger partial charge on any atom is -0.358 e. The summed E-state index contributed by atoms with van der Waals surface area (Å²) in [5, 5.41) is 19.6. The molecule has 0 N–H and O–H groups in total. The Morgan fingerprint density at radius 3 is 3.00 bits per heavy atom. The van der Waals surface area contributed by atoms with Crippen molar-refractivity contribution in [3.63, 3.8) is 0 Å². The van der Waals surface area contributed by atoms with Crippen LogP contribution in [0.25, 0.3) is 9.88 Å². The minimum absolute atomic E-state index is 0.0225. The van der Waals surface area contributed by atoms with Crippen LogP contribution in [0.4, 0.5) is 5.82 Å². The molecule has 0 aliphatic carbocycles. The van der Waals surface area contributed by atoms with E-state index in [1.165, 1.54) is 28.3 Å². The second-order valence-corrected chi connectivity index (χ2v) is 5.53. The predicted molar refractivity (Wildman–Crippen MR) is 73.4 cm³/mol. The molecule has 3 aromatic heterocycles. The number of rotatable bonds is 4. The molecule has 0 atom stereocenters. The molecule has 19 heavy (non-hydrogen) atoms. The van der Waals surface area contributed by atoms with E-state index in [0.717, 1.165) is 15.6 Å². The van der Waals surface area contributed by atoms with Crippen LogP contribution in [0.15, 0.2) is 35.2 Å². The number of aromatic nitrogens is 3. The van der Waals surface area contributed by atoms with Gasteiger partial charge in [0.05, 0.1) is 22.8 Å². The Labute approximate surface area is 116 Å². The summed E-state index contributed by atoms with van der Waals surface area (Å²) in [7, 11) is 0. The van der Waals surface area contributed by atoms with Gasteiger partial charge in [0, 0.05) is 5.38 Å². The van der Waals surface area contributed by atoms with Gasteiger partial charge < -0.3 is 10.1 Å². The lowest BCUT2D eigenvalue weighted by Gasteiger charge is -1.96. The van der Waals surface area contributed by atoms with Crippen LogP contribution in [0.1, 0.15) is 5.69 Å². The molecule has 0 fully saturated rings. The van der Waals surface area contributed by atoms with Gasteiger partial charge in [-0.3, -0.25) is 0 Å². The van der Waals surface area contributed by atoms with Crippen molar-refractivity contribution in [1.29, 1.82) is 0 Å². The summed E-state index contributed by atoms with van der Waals surface area (Å²) >= 11 is 3.15. The maximum absolute atomic E-state index is 10.8. The molecule has 3 rings (SSSR count). The first kappa shape index (κ1) is 12.0. The Balaban J connectivity index is 1.84. The molecular formula is C11H8N4O2S2. The summed E-state index contributed by atoms with van der Waals surface area (Å²) in [6.45, 7) is 0.311. The Morgan fingerprint density at radius 2 is 2.26 bits per heavy atom. The van der Waals surface area contributed by atoms with Gasteiger partial charge >= 0.3 is 5.82 Å². The zero-order valence-electron chi connectivity index (χ0n) is 9.59. The second kappa shape index (κ2) is 4.90. The molecule has 0 aliphatic rings. The zero-order valence-corrected chi connectivity index (χ0v) is 11.2. The number of nitrogens with zero attached hydrogens (tertiary/aromatic N) is 4. The van der Waals surface area contributed by atoms with Crippen LogP contribution in [0.5, 0.6) is 0 Å². The lowest BCUT2D eigenvalue weighted by molar-refractivity contribution is -0.392. The highest BCUT2D eigenvalue weighted by Gasteiger charge is 2.16. The highest BCUT2D eigenvalue weighted by Crippen LogP contribution is 2.28. The highest BCUT2D eigenvalue weighted by molar-refractivity contribution is 7.20. The van der Waals surface area contributed by atoms with Crippen molar-refractivity contribution < 1.29 is 4.92 Å². The van der Waals surface area contributed by atoms with Gasteiger partial charge in [-0.2, -0.15) is 0 Å². The molecule has 3 aromatic rings. The predicted octanol–water partition coefficient (Wildman–Crippen LogP) is 3.02. The fourth-order valence-corrected chi connectivity index (χ4v) is 3.27. The van der Waals surface area contributed by atoms with E-state index < -0.39 is 4.92 Å². The molecule has 0 unspecified atom stereocenters. The first-order chi connectivity index (χ1) is 9.24. The van der Waals surface area contributed by atoms with E-state index in [4.69, 9.17) is 0 Å². The third kappa shape index (κ3) is 2.40. The summed E-state index contributed by atoms with van der Waals surface area (Å²) in [4.78, 5) is 15.9. The molecule has 6 nitrogen and oxygen atoms in total. The van der Waals surface area contributed by atoms with Crippen LogP contribution in [0.3, 0.4) is 0 Å². The maximum Gasteiger partial charge on any atom is 0.345 e. The zero-order chi connectivity index (χ0) is 13.2. The van der Waals surface area contributed by atoms with E-state index in [9.17, 15) is 10.1 Å². The second-order valence-electron chi connectivity index (χ2n) is 3.73.